The molecule has 0 unspecified atom stereocenters. The summed E-state index contributed by atoms with van der Waals surface area (Å²) in [7, 11) is -2.92. The molecule has 0 atom stereocenters. The third kappa shape index (κ3) is 9.51. The van der Waals surface area contributed by atoms with Gasteiger partial charge in [-0.1, -0.05) is 13.3 Å². The van der Waals surface area contributed by atoms with Gasteiger partial charge in [-0.05, 0) is 12.8 Å². The van der Waals surface area contributed by atoms with Gasteiger partial charge in [-0.3, -0.25) is 4.79 Å². The number of unbranched alkanes of at least 4 members (excludes halogenated alkanes) is 1. The summed E-state index contributed by atoms with van der Waals surface area (Å²) in [5.41, 5.74) is 0. The highest BCUT2D eigenvalue weighted by atomic mass is 32.2. The quantitative estimate of drug-likeness (QED) is 0.645. The summed E-state index contributed by atoms with van der Waals surface area (Å²) >= 11 is 0. The average molecular weight is 221 g/mol. The Morgan fingerprint density at radius 3 is 2.43 bits per heavy atom. The Bertz CT molecular complexity index is 259. The highest BCUT2D eigenvalue weighted by Gasteiger charge is 2.04. The van der Waals surface area contributed by atoms with Crippen LogP contribution in [0.2, 0.25) is 0 Å². The van der Waals surface area contributed by atoms with Crippen LogP contribution in [-0.4, -0.2) is 32.9 Å². The summed E-state index contributed by atoms with van der Waals surface area (Å²) in [5, 5.41) is 2.74. The van der Waals surface area contributed by atoms with Crippen LogP contribution in [0.25, 0.3) is 0 Å². The van der Waals surface area contributed by atoms with E-state index >= 15 is 0 Å². The standard InChI is InChI=1S/C9H19NO3S/c1-3-4-7-10-9(11)6-5-8-14(2,12)13/h3-8H2,1-2H3,(H,10,11). The molecule has 5 heteroatoms. The second-order valence-corrected chi connectivity index (χ2v) is 5.70. The van der Waals surface area contributed by atoms with E-state index in [0.29, 0.717) is 19.4 Å². The van der Waals surface area contributed by atoms with E-state index in [9.17, 15) is 13.2 Å². The van der Waals surface area contributed by atoms with Crippen LogP contribution in [0.3, 0.4) is 0 Å². The lowest BCUT2D eigenvalue weighted by atomic mass is 10.3. The zero-order valence-corrected chi connectivity index (χ0v) is 9.69. The summed E-state index contributed by atoms with van der Waals surface area (Å²) in [6.45, 7) is 2.74. The molecular weight excluding hydrogens is 202 g/mol. The van der Waals surface area contributed by atoms with Crippen LogP contribution in [0.15, 0.2) is 0 Å². The van der Waals surface area contributed by atoms with Crippen molar-refractivity contribution in [3.63, 3.8) is 0 Å². The molecule has 14 heavy (non-hydrogen) atoms. The second kappa shape index (κ2) is 6.81. The first-order chi connectivity index (χ1) is 6.45. The molecule has 84 valence electrons. The van der Waals surface area contributed by atoms with E-state index in [4.69, 9.17) is 0 Å². The minimum atomic E-state index is -2.92. The topological polar surface area (TPSA) is 63.2 Å². The molecule has 1 N–H and O–H groups in total. The fourth-order valence-electron chi connectivity index (χ4n) is 0.988. The first-order valence-corrected chi connectivity index (χ1v) is 6.96. The molecular formula is C9H19NO3S. The van der Waals surface area contributed by atoms with Crippen LogP contribution in [0.5, 0.6) is 0 Å². The minimum absolute atomic E-state index is 0.0536. The molecule has 0 radical (unpaired) electrons. The van der Waals surface area contributed by atoms with Crippen molar-refractivity contribution in [3.05, 3.63) is 0 Å². The Morgan fingerprint density at radius 1 is 1.29 bits per heavy atom. The molecule has 0 aliphatic carbocycles. The van der Waals surface area contributed by atoms with Crippen LogP contribution >= 0.6 is 0 Å². The zero-order chi connectivity index (χ0) is 11.0. The molecule has 0 bridgehead atoms. The molecule has 0 aliphatic heterocycles. The number of carbonyl (C=O) groups excluding carboxylic acids is 1. The van der Waals surface area contributed by atoms with Gasteiger partial charge in [-0.2, -0.15) is 0 Å². The first-order valence-electron chi connectivity index (χ1n) is 4.90. The van der Waals surface area contributed by atoms with E-state index in [-0.39, 0.29) is 11.7 Å². The molecule has 0 aromatic rings. The van der Waals surface area contributed by atoms with Crippen LogP contribution in [0.1, 0.15) is 32.6 Å². The molecule has 0 heterocycles. The van der Waals surface area contributed by atoms with Gasteiger partial charge in [-0.25, -0.2) is 8.42 Å². The van der Waals surface area contributed by atoms with E-state index in [1.165, 1.54) is 6.26 Å². The fraction of sp³-hybridized carbons (Fsp3) is 0.889. The molecule has 0 saturated heterocycles. The number of carbonyl (C=O) groups is 1. The summed E-state index contributed by atoms with van der Waals surface area (Å²) in [6, 6.07) is 0. The lowest BCUT2D eigenvalue weighted by Crippen LogP contribution is -2.24. The van der Waals surface area contributed by atoms with Crippen molar-refractivity contribution >= 4 is 15.7 Å². The van der Waals surface area contributed by atoms with Crippen LogP contribution < -0.4 is 5.32 Å². The van der Waals surface area contributed by atoms with E-state index in [2.05, 4.69) is 12.2 Å². The van der Waals surface area contributed by atoms with Crippen LogP contribution in [0.4, 0.5) is 0 Å². The number of rotatable bonds is 7. The van der Waals surface area contributed by atoms with Gasteiger partial charge in [0.1, 0.15) is 9.84 Å². The highest BCUT2D eigenvalue weighted by Crippen LogP contribution is 1.94. The molecule has 4 nitrogen and oxygen atoms in total. The fourth-order valence-corrected chi connectivity index (χ4v) is 1.66. The van der Waals surface area contributed by atoms with E-state index in [1.807, 2.05) is 0 Å². The van der Waals surface area contributed by atoms with Gasteiger partial charge in [0.15, 0.2) is 0 Å². The van der Waals surface area contributed by atoms with Crippen molar-refractivity contribution in [2.75, 3.05) is 18.6 Å². The lowest BCUT2D eigenvalue weighted by molar-refractivity contribution is -0.121. The van der Waals surface area contributed by atoms with E-state index < -0.39 is 9.84 Å². The van der Waals surface area contributed by atoms with Gasteiger partial charge in [0.2, 0.25) is 5.91 Å². The van der Waals surface area contributed by atoms with Gasteiger partial charge in [0, 0.05) is 19.2 Å². The first kappa shape index (κ1) is 13.4. The number of nitrogens with one attached hydrogen (secondary N) is 1. The van der Waals surface area contributed by atoms with Gasteiger partial charge < -0.3 is 5.32 Å². The maximum absolute atomic E-state index is 11.1. The molecule has 0 saturated carbocycles. The third-order valence-electron chi connectivity index (χ3n) is 1.77. The largest absolute Gasteiger partial charge is 0.356 e. The van der Waals surface area contributed by atoms with Crippen molar-refractivity contribution < 1.29 is 13.2 Å². The Hall–Kier alpha value is -0.580. The summed E-state index contributed by atoms with van der Waals surface area (Å²) in [5.74, 6) is 0.0379. The monoisotopic (exact) mass is 221 g/mol. The number of amides is 1. The maximum Gasteiger partial charge on any atom is 0.220 e. The summed E-state index contributed by atoms with van der Waals surface area (Å²) in [6.07, 6.45) is 3.91. The third-order valence-corrected chi connectivity index (χ3v) is 2.80. The van der Waals surface area contributed by atoms with E-state index in [0.717, 1.165) is 12.8 Å². The summed E-state index contributed by atoms with van der Waals surface area (Å²) in [4.78, 5) is 11.1. The number of hydrogen-bond acceptors (Lipinski definition) is 3. The normalized spacial score (nSPS) is 11.3. The van der Waals surface area contributed by atoms with Crippen molar-refractivity contribution in [1.29, 1.82) is 0 Å². The second-order valence-electron chi connectivity index (χ2n) is 3.44. The Balaban J connectivity index is 3.45. The zero-order valence-electron chi connectivity index (χ0n) is 8.88. The number of sulfone groups is 1. The molecule has 0 aliphatic rings. The predicted molar refractivity (Wildman–Crippen MR) is 56.9 cm³/mol. The molecule has 0 spiro atoms. The van der Waals surface area contributed by atoms with Crippen LogP contribution in [-0.2, 0) is 14.6 Å². The van der Waals surface area contributed by atoms with E-state index in [1.54, 1.807) is 0 Å². The SMILES string of the molecule is CCCCNC(=O)CCCS(C)(=O)=O. The van der Waals surface area contributed by atoms with Gasteiger partial charge in [0.05, 0.1) is 5.75 Å². The molecule has 0 rings (SSSR count). The number of hydrogen-bond donors (Lipinski definition) is 1. The minimum Gasteiger partial charge on any atom is -0.356 e. The van der Waals surface area contributed by atoms with Gasteiger partial charge >= 0.3 is 0 Å². The Labute approximate surface area is 86.0 Å². The molecule has 0 aromatic carbocycles. The van der Waals surface area contributed by atoms with Gasteiger partial charge in [-0.15, -0.1) is 0 Å². The Morgan fingerprint density at radius 2 is 1.93 bits per heavy atom. The molecule has 0 aromatic heterocycles. The van der Waals surface area contributed by atoms with Crippen molar-refractivity contribution in [3.8, 4) is 0 Å². The molecule has 0 fully saturated rings. The smallest absolute Gasteiger partial charge is 0.220 e. The van der Waals surface area contributed by atoms with Crippen molar-refractivity contribution in [2.45, 2.75) is 32.6 Å². The average Bonchev–Trinajstić information content (AvgIpc) is 2.02. The maximum atomic E-state index is 11.1. The van der Waals surface area contributed by atoms with Crippen molar-refractivity contribution in [2.24, 2.45) is 0 Å². The highest BCUT2D eigenvalue weighted by molar-refractivity contribution is 7.90. The van der Waals surface area contributed by atoms with Crippen LogP contribution in [0, 0.1) is 0 Å². The van der Waals surface area contributed by atoms with Crippen molar-refractivity contribution in [1.82, 2.24) is 5.32 Å². The van der Waals surface area contributed by atoms with Gasteiger partial charge in [0.25, 0.3) is 0 Å². The predicted octanol–water partition coefficient (Wildman–Crippen LogP) is 0.728. The molecule has 1 amide bonds. The summed E-state index contributed by atoms with van der Waals surface area (Å²) < 4.78 is 21.5. The lowest BCUT2D eigenvalue weighted by Gasteiger charge is -2.03. The Kier molecular flexibility index (Phi) is 6.53.